The molecule has 0 atom stereocenters. The molecule has 0 aliphatic rings. The quantitative estimate of drug-likeness (QED) is 0.735. The van der Waals surface area contributed by atoms with E-state index in [1.54, 1.807) is 6.92 Å². The van der Waals surface area contributed by atoms with Crippen LogP contribution >= 0.6 is 0 Å². The molecule has 0 unspecified atom stereocenters. The van der Waals surface area contributed by atoms with Crippen molar-refractivity contribution in [1.82, 2.24) is 0 Å². The number of aryl methyl sites for hydroxylation is 1. The first kappa shape index (κ1) is 10.9. The monoisotopic (exact) mass is 196 g/mol. The fourth-order valence-corrected chi connectivity index (χ4v) is 1.09. The van der Waals surface area contributed by atoms with Gasteiger partial charge in [-0.1, -0.05) is 12.1 Å². The average Bonchev–Trinajstić information content (AvgIpc) is 2.07. The van der Waals surface area contributed by atoms with Crippen molar-refractivity contribution in [2.24, 2.45) is 0 Å². The number of hydrogen-bond donors (Lipinski definition) is 1. The summed E-state index contributed by atoms with van der Waals surface area (Å²) in [5.41, 5.74) is -0.778. The zero-order valence-electron chi connectivity index (χ0n) is 8.47. The summed E-state index contributed by atoms with van der Waals surface area (Å²) in [4.78, 5) is 11.5. The van der Waals surface area contributed by atoms with Gasteiger partial charge in [0.05, 0.1) is 0 Å². The van der Waals surface area contributed by atoms with Gasteiger partial charge in [0.2, 0.25) is 0 Å². The Morgan fingerprint density at radius 3 is 2.43 bits per heavy atom. The maximum atomic E-state index is 13.1. The summed E-state index contributed by atoms with van der Waals surface area (Å²) in [7, 11) is 0. The molecular weight excluding hydrogens is 183 g/mol. The van der Waals surface area contributed by atoms with Gasteiger partial charge in [-0.3, -0.25) is 4.79 Å². The average molecular weight is 196 g/mol. The highest BCUT2D eigenvalue weighted by atomic mass is 19.1. The second-order valence-corrected chi connectivity index (χ2v) is 3.85. The summed E-state index contributed by atoms with van der Waals surface area (Å²) < 4.78 is 13.1. The molecule has 1 rings (SSSR count). The molecule has 0 saturated heterocycles. The number of halogens is 1. The summed E-state index contributed by atoms with van der Waals surface area (Å²) in [6, 6.07) is 4.18. The van der Waals surface area contributed by atoms with Crippen LogP contribution in [0.5, 0.6) is 0 Å². The van der Waals surface area contributed by atoms with Crippen molar-refractivity contribution >= 4 is 5.78 Å². The van der Waals surface area contributed by atoms with E-state index < -0.39 is 17.2 Å². The molecule has 3 heteroatoms. The van der Waals surface area contributed by atoms with Crippen LogP contribution in [0.1, 0.15) is 29.8 Å². The van der Waals surface area contributed by atoms with E-state index in [9.17, 15) is 14.3 Å². The first-order valence-corrected chi connectivity index (χ1v) is 4.35. The Labute approximate surface area is 82.4 Å². The zero-order valence-corrected chi connectivity index (χ0v) is 8.47. The van der Waals surface area contributed by atoms with Crippen LogP contribution in [-0.2, 0) is 0 Å². The normalized spacial score (nSPS) is 11.5. The summed E-state index contributed by atoms with van der Waals surface area (Å²) >= 11 is 0. The highest BCUT2D eigenvalue weighted by molar-refractivity contribution is 6.01. The third-order valence-electron chi connectivity index (χ3n) is 1.99. The van der Waals surface area contributed by atoms with E-state index in [-0.39, 0.29) is 5.56 Å². The molecule has 0 spiro atoms. The van der Waals surface area contributed by atoms with E-state index in [4.69, 9.17) is 0 Å². The summed E-state index contributed by atoms with van der Waals surface area (Å²) in [5.74, 6) is -0.906. The van der Waals surface area contributed by atoms with Gasteiger partial charge in [-0.05, 0) is 32.4 Å². The molecule has 0 radical (unpaired) electrons. The highest BCUT2D eigenvalue weighted by Crippen LogP contribution is 2.15. The molecule has 0 aliphatic heterocycles. The molecule has 0 bridgehead atoms. The van der Waals surface area contributed by atoms with E-state index in [1.165, 1.54) is 26.0 Å². The Morgan fingerprint density at radius 2 is 2.00 bits per heavy atom. The second kappa shape index (κ2) is 3.50. The second-order valence-electron chi connectivity index (χ2n) is 3.85. The first-order chi connectivity index (χ1) is 6.32. The minimum absolute atomic E-state index is 0.195. The van der Waals surface area contributed by atoms with Crippen molar-refractivity contribution in [3.05, 3.63) is 35.1 Å². The number of ketones is 1. The molecule has 1 N–H and O–H groups in total. The largest absolute Gasteiger partial charge is 0.382 e. The van der Waals surface area contributed by atoms with Gasteiger partial charge >= 0.3 is 0 Å². The Morgan fingerprint density at radius 1 is 1.43 bits per heavy atom. The van der Waals surface area contributed by atoms with Crippen LogP contribution in [0, 0.1) is 12.7 Å². The molecule has 1 aromatic carbocycles. The van der Waals surface area contributed by atoms with E-state index in [0.717, 1.165) is 6.07 Å². The van der Waals surface area contributed by atoms with E-state index in [0.29, 0.717) is 5.56 Å². The molecule has 0 fully saturated rings. The number of rotatable bonds is 2. The van der Waals surface area contributed by atoms with Crippen LogP contribution < -0.4 is 0 Å². The van der Waals surface area contributed by atoms with E-state index in [2.05, 4.69) is 0 Å². The van der Waals surface area contributed by atoms with Crippen molar-refractivity contribution in [2.75, 3.05) is 0 Å². The van der Waals surface area contributed by atoms with Gasteiger partial charge < -0.3 is 5.11 Å². The number of carbonyl (C=O) groups excluding carboxylic acids is 1. The minimum Gasteiger partial charge on any atom is -0.382 e. The van der Waals surface area contributed by atoms with Crippen LogP contribution in [0.4, 0.5) is 4.39 Å². The standard InChI is InChI=1S/C11H13FO2/c1-7-4-5-8(6-9(7)12)10(13)11(2,3)14/h4-6,14H,1-3H3. The molecular formula is C11H13FO2. The van der Waals surface area contributed by atoms with Crippen LogP contribution in [0.3, 0.4) is 0 Å². The SMILES string of the molecule is Cc1ccc(C(=O)C(C)(C)O)cc1F. The summed E-state index contributed by atoms with van der Waals surface area (Å²) in [5, 5.41) is 9.43. The van der Waals surface area contributed by atoms with Gasteiger partial charge in [-0.2, -0.15) is 0 Å². The number of benzene rings is 1. The Kier molecular flexibility index (Phi) is 2.71. The Balaban J connectivity index is 3.10. The topological polar surface area (TPSA) is 37.3 Å². The number of aliphatic hydroxyl groups is 1. The maximum absolute atomic E-state index is 13.1. The maximum Gasteiger partial charge on any atom is 0.193 e. The predicted octanol–water partition coefficient (Wildman–Crippen LogP) is 2.09. The van der Waals surface area contributed by atoms with Crippen molar-refractivity contribution in [3.63, 3.8) is 0 Å². The molecule has 0 heterocycles. The first-order valence-electron chi connectivity index (χ1n) is 4.35. The van der Waals surface area contributed by atoms with Crippen LogP contribution in [0.15, 0.2) is 18.2 Å². The molecule has 76 valence electrons. The van der Waals surface area contributed by atoms with Crippen molar-refractivity contribution < 1.29 is 14.3 Å². The summed E-state index contributed by atoms with van der Waals surface area (Å²) in [6.07, 6.45) is 0. The molecule has 0 saturated carbocycles. The predicted molar refractivity (Wildman–Crippen MR) is 51.8 cm³/mol. The minimum atomic E-state index is -1.46. The lowest BCUT2D eigenvalue weighted by molar-refractivity contribution is 0.0487. The van der Waals surface area contributed by atoms with Crippen LogP contribution in [0.2, 0.25) is 0 Å². The Hall–Kier alpha value is -1.22. The molecule has 2 nitrogen and oxygen atoms in total. The van der Waals surface area contributed by atoms with Gasteiger partial charge in [0.15, 0.2) is 5.78 Å². The van der Waals surface area contributed by atoms with Crippen LogP contribution in [-0.4, -0.2) is 16.5 Å². The lowest BCUT2D eigenvalue weighted by atomic mass is 9.96. The lowest BCUT2D eigenvalue weighted by Crippen LogP contribution is -2.31. The van der Waals surface area contributed by atoms with E-state index in [1.807, 2.05) is 0 Å². The van der Waals surface area contributed by atoms with Gasteiger partial charge in [-0.25, -0.2) is 4.39 Å². The van der Waals surface area contributed by atoms with Crippen molar-refractivity contribution in [1.29, 1.82) is 0 Å². The van der Waals surface area contributed by atoms with Crippen molar-refractivity contribution in [3.8, 4) is 0 Å². The number of hydrogen-bond acceptors (Lipinski definition) is 2. The third kappa shape index (κ3) is 2.17. The fraction of sp³-hybridized carbons (Fsp3) is 0.364. The Bertz CT molecular complexity index is 364. The number of carbonyl (C=O) groups is 1. The molecule has 0 amide bonds. The molecule has 0 aliphatic carbocycles. The van der Waals surface area contributed by atoms with Gasteiger partial charge in [0, 0.05) is 5.56 Å². The molecule has 1 aromatic rings. The zero-order chi connectivity index (χ0) is 10.9. The number of Topliss-reactive ketones (excluding diaryl/α,β-unsaturated/α-hetero) is 1. The highest BCUT2D eigenvalue weighted by Gasteiger charge is 2.25. The van der Waals surface area contributed by atoms with Crippen LogP contribution in [0.25, 0.3) is 0 Å². The smallest absolute Gasteiger partial charge is 0.193 e. The van der Waals surface area contributed by atoms with Gasteiger partial charge in [0.1, 0.15) is 11.4 Å². The molecule has 14 heavy (non-hydrogen) atoms. The molecule has 0 aromatic heterocycles. The lowest BCUT2D eigenvalue weighted by Gasteiger charge is -2.15. The summed E-state index contributed by atoms with van der Waals surface area (Å²) in [6.45, 7) is 4.38. The van der Waals surface area contributed by atoms with Gasteiger partial charge in [-0.15, -0.1) is 0 Å². The fourth-order valence-electron chi connectivity index (χ4n) is 1.09. The van der Waals surface area contributed by atoms with E-state index >= 15 is 0 Å². The third-order valence-corrected chi connectivity index (χ3v) is 1.99. The van der Waals surface area contributed by atoms with Crippen molar-refractivity contribution in [2.45, 2.75) is 26.4 Å². The van der Waals surface area contributed by atoms with Gasteiger partial charge in [0.25, 0.3) is 0 Å².